The molecule has 0 N–H and O–H groups in total. The smallest absolute Gasteiger partial charge is 0.149 e. The second-order valence-corrected chi connectivity index (χ2v) is 5.09. The fourth-order valence-corrected chi connectivity index (χ4v) is 2.08. The van der Waals surface area contributed by atoms with Gasteiger partial charge in [-0.15, -0.1) is 0 Å². The fourth-order valence-electron chi connectivity index (χ4n) is 1.78. The highest BCUT2D eigenvalue weighted by Gasteiger charge is 2.08. The fraction of sp³-hybridized carbons (Fsp3) is 0.0625. The number of benzene rings is 2. The average Bonchev–Trinajstić information content (AvgIpc) is 2.44. The first-order valence-electron chi connectivity index (χ1n) is 5.85. The van der Waals surface area contributed by atoms with Crippen LogP contribution in [0.3, 0.4) is 0 Å². The molecule has 0 aliphatic heterocycles. The predicted molar refractivity (Wildman–Crippen MR) is 81.1 cm³/mol. The molecule has 0 aliphatic rings. The van der Waals surface area contributed by atoms with Crippen LogP contribution in [0, 0.1) is 24.1 Å². The quantitative estimate of drug-likeness (QED) is 0.530. The molecule has 4 heteroatoms. The van der Waals surface area contributed by atoms with Crippen LogP contribution in [0.25, 0.3) is 11.6 Å². The Morgan fingerprint density at radius 2 is 1.95 bits per heavy atom. The zero-order valence-electron chi connectivity index (χ0n) is 10.6. The van der Waals surface area contributed by atoms with Crippen molar-refractivity contribution in [3.05, 3.63) is 69.0 Å². The number of aryl methyl sites for hydroxylation is 1. The molecule has 0 spiro atoms. The minimum absolute atomic E-state index is 0.0309. The third-order valence-electron chi connectivity index (χ3n) is 2.87. The predicted octanol–water partition coefficient (Wildman–Crippen LogP) is 5.51. The Morgan fingerprint density at radius 3 is 2.60 bits per heavy atom. The molecule has 0 aliphatic carbocycles. The Hall–Kier alpha value is -1.82. The summed E-state index contributed by atoms with van der Waals surface area (Å²) in [4.78, 5) is 0. The Labute approximate surface area is 126 Å². The van der Waals surface area contributed by atoms with Crippen LogP contribution in [0.4, 0.5) is 4.39 Å². The van der Waals surface area contributed by atoms with Gasteiger partial charge in [0, 0.05) is 10.6 Å². The average molecular weight is 306 g/mol. The third-order valence-corrected chi connectivity index (χ3v) is 3.59. The molecular weight excluding hydrogens is 296 g/mol. The summed E-state index contributed by atoms with van der Waals surface area (Å²) in [6.07, 6.45) is 1.48. The first-order chi connectivity index (χ1) is 9.52. The number of rotatable bonds is 2. The molecule has 1 nitrogen and oxygen atoms in total. The monoisotopic (exact) mass is 305 g/mol. The maximum Gasteiger partial charge on any atom is 0.149 e. The number of allylic oxidation sites excluding steroid dienone is 1. The lowest BCUT2D eigenvalue weighted by Gasteiger charge is -2.04. The molecule has 2 rings (SSSR count). The molecule has 20 heavy (non-hydrogen) atoms. The molecule has 0 heterocycles. The van der Waals surface area contributed by atoms with Crippen LogP contribution in [0.15, 0.2) is 36.4 Å². The number of halogens is 3. The van der Waals surface area contributed by atoms with Crippen LogP contribution in [0.1, 0.15) is 16.7 Å². The number of hydrogen-bond acceptors (Lipinski definition) is 1. The number of nitrogens with zero attached hydrogens (tertiary/aromatic N) is 1. The summed E-state index contributed by atoms with van der Waals surface area (Å²) in [5.74, 6) is -0.535. The lowest BCUT2D eigenvalue weighted by molar-refractivity contribution is 0.625. The summed E-state index contributed by atoms with van der Waals surface area (Å²) in [5, 5.41) is 9.91. The van der Waals surface area contributed by atoms with E-state index >= 15 is 0 Å². The van der Waals surface area contributed by atoms with Crippen molar-refractivity contribution < 1.29 is 4.39 Å². The Kier molecular flexibility index (Phi) is 4.44. The standard InChI is InChI=1S/C16H10Cl2FN/c1-10-7-11(5-6-14(10)17)13(9-20)8-12-3-2-4-15(18)16(12)19/h2-8H,1H3/b13-8+. The molecule has 2 aromatic rings. The van der Waals surface area contributed by atoms with Crippen LogP contribution in [-0.4, -0.2) is 0 Å². The van der Waals surface area contributed by atoms with E-state index in [2.05, 4.69) is 6.07 Å². The van der Waals surface area contributed by atoms with Gasteiger partial charge in [0.2, 0.25) is 0 Å². The Bertz CT molecular complexity index is 730. The number of hydrogen-bond donors (Lipinski definition) is 0. The third kappa shape index (κ3) is 3.01. The summed E-state index contributed by atoms with van der Waals surface area (Å²) in [6, 6.07) is 12.0. The molecule has 0 radical (unpaired) electrons. The lowest BCUT2D eigenvalue weighted by Crippen LogP contribution is -1.87. The van der Waals surface area contributed by atoms with Crippen molar-refractivity contribution in [2.75, 3.05) is 0 Å². The van der Waals surface area contributed by atoms with Gasteiger partial charge in [0.25, 0.3) is 0 Å². The molecule has 0 fully saturated rings. The van der Waals surface area contributed by atoms with Gasteiger partial charge in [-0.25, -0.2) is 4.39 Å². The van der Waals surface area contributed by atoms with E-state index < -0.39 is 5.82 Å². The molecule has 0 saturated carbocycles. The van der Waals surface area contributed by atoms with E-state index in [1.807, 2.05) is 6.92 Å². The Morgan fingerprint density at radius 1 is 1.20 bits per heavy atom. The summed E-state index contributed by atoms with van der Waals surface area (Å²) in [7, 11) is 0. The van der Waals surface area contributed by atoms with E-state index in [0.717, 1.165) is 5.56 Å². The van der Waals surface area contributed by atoms with Gasteiger partial charge in [0.05, 0.1) is 16.7 Å². The van der Waals surface area contributed by atoms with Gasteiger partial charge in [0.1, 0.15) is 5.82 Å². The van der Waals surface area contributed by atoms with Crippen molar-refractivity contribution in [3.63, 3.8) is 0 Å². The zero-order chi connectivity index (χ0) is 14.7. The lowest BCUT2D eigenvalue weighted by atomic mass is 10.0. The minimum Gasteiger partial charge on any atom is -0.205 e. The molecule has 0 bridgehead atoms. The summed E-state index contributed by atoms with van der Waals surface area (Å²) >= 11 is 11.7. The number of nitriles is 1. The molecule has 0 saturated heterocycles. The van der Waals surface area contributed by atoms with Crippen LogP contribution >= 0.6 is 23.2 Å². The van der Waals surface area contributed by atoms with E-state index in [0.29, 0.717) is 16.2 Å². The first-order valence-corrected chi connectivity index (χ1v) is 6.61. The van der Waals surface area contributed by atoms with Gasteiger partial charge >= 0.3 is 0 Å². The van der Waals surface area contributed by atoms with E-state index in [9.17, 15) is 9.65 Å². The van der Waals surface area contributed by atoms with Crippen molar-refractivity contribution >= 4 is 34.9 Å². The van der Waals surface area contributed by atoms with E-state index in [-0.39, 0.29) is 10.6 Å². The Balaban J connectivity index is 2.52. The molecule has 0 amide bonds. The highest BCUT2D eigenvalue weighted by Crippen LogP contribution is 2.25. The maximum absolute atomic E-state index is 13.9. The van der Waals surface area contributed by atoms with Gasteiger partial charge in [-0.2, -0.15) is 5.26 Å². The maximum atomic E-state index is 13.9. The molecule has 2 aromatic carbocycles. The van der Waals surface area contributed by atoms with Crippen molar-refractivity contribution in [3.8, 4) is 6.07 Å². The van der Waals surface area contributed by atoms with E-state index in [1.54, 1.807) is 30.3 Å². The van der Waals surface area contributed by atoms with Crippen molar-refractivity contribution in [1.82, 2.24) is 0 Å². The van der Waals surface area contributed by atoms with Gasteiger partial charge in [-0.05, 0) is 42.3 Å². The summed E-state index contributed by atoms with van der Waals surface area (Å²) in [6.45, 7) is 1.85. The molecule has 0 atom stereocenters. The second kappa shape index (κ2) is 6.09. The molecular formula is C16H10Cl2FN. The van der Waals surface area contributed by atoms with Crippen molar-refractivity contribution in [1.29, 1.82) is 5.26 Å². The van der Waals surface area contributed by atoms with E-state index in [4.69, 9.17) is 23.2 Å². The first kappa shape index (κ1) is 14.6. The van der Waals surface area contributed by atoms with Crippen molar-refractivity contribution in [2.24, 2.45) is 0 Å². The SMILES string of the molecule is Cc1cc(/C(C#N)=C/c2cccc(Cl)c2F)ccc1Cl. The largest absolute Gasteiger partial charge is 0.205 e. The molecule has 0 unspecified atom stereocenters. The highest BCUT2D eigenvalue weighted by molar-refractivity contribution is 6.31. The topological polar surface area (TPSA) is 23.8 Å². The van der Waals surface area contributed by atoms with Gasteiger partial charge in [-0.3, -0.25) is 0 Å². The van der Waals surface area contributed by atoms with Gasteiger partial charge in [-0.1, -0.05) is 41.4 Å². The van der Waals surface area contributed by atoms with Crippen LogP contribution in [0.2, 0.25) is 10.0 Å². The zero-order valence-corrected chi connectivity index (χ0v) is 12.1. The van der Waals surface area contributed by atoms with Crippen LogP contribution in [-0.2, 0) is 0 Å². The van der Waals surface area contributed by atoms with Crippen LogP contribution in [0.5, 0.6) is 0 Å². The summed E-state index contributed by atoms with van der Waals surface area (Å²) < 4.78 is 13.9. The van der Waals surface area contributed by atoms with E-state index in [1.165, 1.54) is 12.1 Å². The highest BCUT2D eigenvalue weighted by atomic mass is 35.5. The van der Waals surface area contributed by atoms with Crippen LogP contribution < -0.4 is 0 Å². The summed E-state index contributed by atoms with van der Waals surface area (Å²) in [5.41, 5.74) is 2.18. The normalized spacial score (nSPS) is 11.2. The van der Waals surface area contributed by atoms with Crippen molar-refractivity contribution in [2.45, 2.75) is 6.92 Å². The minimum atomic E-state index is -0.535. The van der Waals surface area contributed by atoms with Gasteiger partial charge in [0.15, 0.2) is 0 Å². The molecule has 100 valence electrons. The van der Waals surface area contributed by atoms with Gasteiger partial charge < -0.3 is 0 Å². The second-order valence-electron chi connectivity index (χ2n) is 4.28. The molecule has 0 aromatic heterocycles.